The number of nitrogens with zero attached hydrogens (tertiary/aromatic N) is 2. The number of piperidine rings is 1. The van der Waals surface area contributed by atoms with Crippen LogP contribution in [-0.4, -0.2) is 48.9 Å². The molecule has 1 fully saturated rings. The number of likely N-dealkylation sites (N-methyl/N-ethyl adjacent to an activating group) is 1. The van der Waals surface area contributed by atoms with Gasteiger partial charge in [0.1, 0.15) is 5.82 Å². The molecule has 1 saturated heterocycles. The Labute approximate surface area is 124 Å². The van der Waals surface area contributed by atoms with Crippen molar-refractivity contribution < 1.29 is 9.18 Å². The number of likely N-dealkylation sites (tertiary alicyclic amines) is 1. The quantitative estimate of drug-likeness (QED) is 0.853. The van der Waals surface area contributed by atoms with Crippen LogP contribution < -0.4 is 0 Å². The van der Waals surface area contributed by atoms with Gasteiger partial charge in [-0.2, -0.15) is 0 Å². The van der Waals surface area contributed by atoms with Gasteiger partial charge in [0, 0.05) is 20.1 Å². The molecule has 1 amide bonds. The Morgan fingerprint density at radius 3 is 2.70 bits per heavy atom. The molecule has 0 bridgehead atoms. The van der Waals surface area contributed by atoms with E-state index < -0.39 is 5.82 Å². The molecule has 0 aliphatic carbocycles. The Balaban J connectivity index is 1.94. The maximum Gasteiger partial charge on any atom is 0.258 e. The van der Waals surface area contributed by atoms with Crippen molar-refractivity contribution in [2.24, 2.45) is 0 Å². The van der Waals surface area contributed by atoms with E-state index in [2.05, 4.69) is 4.90 Å². The zero-order valence-electron chi connectivity index (χ0n) is 11.7. The van der Waals surface area contributed by atoms with E-state index in [0.717, 1.165) is 19.6 Å². The van der Waals surface area contributed by atoms with E-state index in [0.29, 0.717) is 6.54 Å². The lowest BCUT2D eigenvalue weighted by molar-refractivity contribution is 0.0768. The predicted octanol–water partition coefficient (Wildman–Crippen LogP) is 3.04. The highest BCUT2D eigenvalue weighted by atomic mass is 35.5. The monoisotopic (exact) mass is 298 g/mol. The summed E-state index contributed by atoms with van der Waals surface area (Å²) in [6.07, 6.45) is 3.73. The average molecular weight is 299 g/mol. The molecule has 0 spiro atoms. The van der Waals surface area contributed by atoms with Crippen LogP contribution in [-0.2, 0) is 0 Å². The Kier molecular flexibility index (Phi) is 5.38. The lowest BCUT2D eigenvalue weighted by atomic mass is 10.1. The molecule has 2 rings (SSSR count). The number of carbonyl (C=O) groups excluding carboxylic acids is 1. The van der Waals surface area contributed by atoms with Gasteiger partial charge in [-0.05, 0) is 38.1 Å². The van der Waals surface area contributed by atoms with Crippen LogP contribution in [0.1, 0.15) is 29.6 Å². The first-order valence-corrected chi connectivity index (χ1v) is 7.39. The summed E-state index contributed by atoms with van der Waals surface area (Å²) in [5, 5.41) is 0.167. The third-order valence-electron chi connectivity index (χ3n) is 3.72. The van der Waals surface area contributed by atoms with Gasteiger partial charge in [0.15, 0.2) is 0 Å². The van der Waals surface area contributed by atoms with Crippen LogP contribution in [0, 0.1) is 5.82 Å². The largest absolute Gasteiger partial charge is 0.340 e. The van der Waals surface area contributed by atoms with E-state index in [4.69, 9.17) is 11.6 Å². The number of rotatable bonds is 4. The minimum Gasteiger partial charge on any atom is -0.340 e. The predicted molar refractivity (Wildman–Crippen MR) is 78.7 cm³/mol. The second-order valence-electron chi connectivity index (χ2n) is 5.23. The van der Waals surface area contributed by atoms with Gasteiger partial charge < -0.3 is 9.80 Å². The van der Waals surface area contributed by atoms with Crippen LogP contribution in [0.4, 0.5) is 4.39 Å². The molecule has 20 heavy (non-hydrogen) atoms. The zero-order valence-corrected chi connectivity index (χ0v) is 12.5. The van der Waals surface area contributed by atoms with Crippen molar-refractivity contribution in [3.63, 3.8) is 0 Å². The highest BCUT2D eigenvalue weighted by Gasteiger charge is 2.20. The van der Waals surface area contributed by atoms with Gasteiger partial charge in [-0.15, -0.1) is 0 Å². The highest BCUT2D eigenvalue weighted by Crippen LogP contribution is 2.20. The van der Waals surface area contributed by atoms with Gasteiger partial charge in [-0.3, -0.25) is 4.79 Å². The van der Waals surface area contributed by atoms with Gasteiger partial charge in [0.25, 0.3) is 5.91 Å². The summed E-state index contributed by atoms with van der Waals surface area (Å²) in [5.41, 5.74) is -0.0321. The number of hydrogen-bond donors (Lipinski definition) is 0. The molecule has 0 unspecified atom stereocenters. The Morgan fingerprint density at radius 1 is 1.35 bits per heavy atom. The van der Waals surface area contributed by atoms with Crippen molar-refractivity contribution >= 4 is 17.5 Å². The molecule has 110 valence electrons. The topological polar surface area (TPSA) is 23.6 Å². The number of carbonyl (C=O) groups is 1. The van der Waals surface area contributed by atoms with E-state index in [1.807, 2.05) is 0 Å². The van der Waals surface area contributed by atoms with E-state index >= 15 is 0 Å². The fourth-order valence-electron chi connectivity index (χ4n) is 2.47. The van der Waals surface area contributed by atoms with Crippen LogP contribution in [0.5, 0.6) is 0 Å². The number of amides is 1. The number of benzene rings is 1. The summed E-state index contributed by atoms with van der Waals surface area (Å²) in [4.78, 5) is 16.1. The van der Waals surface area contributed by atoms with Gasteiger partial charge in [-0.1, -0.05) is 24.1 Å². The van der Waals surface area contributed by atoms with Gasteiger partial charge >= 0.3 is 0 Å². The van der Waals surface area contributed by atoms with Crippen molar-refractivity contribution in [3.05, 3.63) is 34.6 Å². The van der Waals surface area contributed by atoms with E-state index in [-0.39, 0.29) is 16.5 Å². The molecule has 0 atom stereocenters. The Hall–Kier alpha value is -1.13. The van der Waals surface area contributed by atoms with Crippen molar-refractivity contribution in [3.8, 4) is 0 Å². The summed E-state index contributed by atoms with van der Waals surface area (Å²) >= 11 is 5.92. The second-order valence-corrected chi connectivity index (χ2v) is 5.63. The lowest BCUT2D eigenvalue weighted by Crippen LogP contribution is -2.39. The molecule has 5 heteroatoms. The molecule has 1 aromatic rings. The summed E-state index contributed by atoms with van der Waals surface area (Å²) in [7, 11) is 1.69. The normalized spacial score (nSPS) is 16.1. The minimum absolute atomic E-state index is 0.0321. The third-order valence-corrected chi connectivity index (χ3v) is 4.04. The molecular weight excluding hydrogens is 279 g/mol. The lowest BCUT2D eigenvalue weighted by Gasteiger charge is -2.28. The summed E-state index contributed by atoms with van der Waals surface area (Å²) < 4.78 is 13.7. The Morgan fingerprint density at radius 2 is 2.05 bits per heavy atom. The third kappa shape index (κ3) is 3.70. The van der Waals surface area contributed by atoms with Gasteiger partial charge in [0.2, 0.25) is 0 Å². The van der Waals surface area contributed by atoms with E-state index in [1.54, 1.807) is 11.9 Å². The van der Waals surface area contributed by atoms with Crippen molar-refractivity contribution in [1.82, 2.24) is 9.80 Å². The smallest absolute Gasteiger partial charge is 0.258 e. The Bertz CT molecular complexity index is 455. The fraction of sp³-hybridized carbons (Fsp3) is 0.533. The van der Waals surface area contributed by atoms with Crippen LogP contribution >= 0.6 is 11.6 Å². The highest BCUT2D eigenvalue weighted by molar-refractivity contribution is 6.33. The number of halogens is 2. The van der Waals surface area contributed by atoms with Crippen LogP contribution in [0.25, 0.3) is 0 Å². The van der Waals surface area contributed by atoms with E-state index in [9.17, 15) is 9.18 Å². The molecule has 3 nitrogen and oxygen atoms in total. The van der Waals surface area contributed by atoms with Crippen LogP contribution in [0.15, 0.2) is 18.2 Å². The molecule has 1 aliphatic heterocycles. The zero-order chi connectivity index (χ0) is 14.5. The minimum atomic E-state index is -0.563. The molecule has 1 aromatic carbocycles. The number of hydrogen-bond acceptors (Lipinski definition) is 2. The average Bonchev–Trinajstić information content (AvgIpc) is 2.45. The summed E-state index contributed by atoms with van der Waals surface area (Å²) in [5.74, 6) is -0.919. The van der Waals surface area contributed by atoms with Crippen molar-refractivity contribution in [1.29, 1.82) is 0 Å². The first kappa shape index (κ1) is 15.3. The van der Waals surface area contributed by atoms with E-state index in [1.165, 1.54) is 37.5 Å². The molecular formula is C15H20ClFN2O. The first-order chi connectivity index (χ1) is 9.59. The van der Waals surface area contributed by atoms with Gasteiger partial charge in [0.05, 0.1) is 10.6 Å². The first-order valence-electron chi connectivity index (χ1n) is 7.01. The molecule has 1 aliphatic rings. The maximum absolute atomic E-state index is 13.7. The maximum atomic E-state index is 13.7. The van der Waals surface area contributed by atoms with Crippen LogP contribution in [0.2, 0.25) is 5.02 Å². The van der Waals surface area contributed by atoms with Crippen molar-refractivity contribution in [2.75, 3.05) is 33.2 Å². The second kappa shape index (κ2) is 7.04. The molecule has 0 aromatic heterocycles. The van der Waals surface area contributed by atoms with Gasteiger partial charge in [-0.25, -0.2) is 4.39 Å². The molecule has 0 radical (unpaired) electrons. The molecule has 1 heterocycles. The summed E-state index contributed by atoms with van der Waals surface area (Å²) in [6, 6.07) is 4.30. The SMILES string of the molecule is CN(CCN1CCCCC1)C(=O)c1c(F)cccc1Cl. The molecule has 0 N–H and O–H groups in total. The fourth-order valence-corrected chi connectivity index (χ4v) is 2.71. The molecule has 0 saturated carbocycles. The summed E-state index contributed by atoms with van der Waals surface area (Å²) in [6.45, 7) is 3.59. The standard InChI is InChI=1S/C15H20ClFN2O/c1-18(10-11-19-8-3-2-4-9-19)15(20)14-12(16)6-5-7-13(14)17/h5-7H,2-4,8-11H2,1H3. The van der Waals surface area contributed by atoms with Crippen LogP contribution in [0.3, 0.4) is 0 Å². The van der Waals surface area contributed by atoms with Crippen molar-refractivity contribution in [2.45, 2.75) is 19.3 Å².